The first-order valence-electron chi connectivity index (χ1n) is 11.6. The molecule has 0 spiro atoms. The SMILES string of the molecule is C=C1CCC2[C@H](CNCc3ccccc3)C([C@@]3(C)CC[C@H](O)C[C@@H]3O)CC[C@]12C. The highest BCUT2D eigenvalue weighted by molar-refractivity contribution is 5.21. The van der Waals surface area contributed by atoms with Crippen LogP contribution in [0.25, 0.3) is 0 Å². The van der Waals surface area contributed by atoms with Crippen molar-refractivity contribution in [3.63, 3.8) is 0 Å². The summed E-state index contributed by atoms with van der Waals surface area (Å²) in [4.78, 5) is 0. The van der Waals surface area contributed by atoms with Crippen molar-refractivity contribution in [2.75, 3.05) is 6.54 Å². The van der Waals surface area contributed by atoms with Crippen LogP contribution in [0.1, 0.15) is 64.4 Å². The zero-order valence-electron chi connectivity index (χ0n) is 18.2. The average molecular weight is 398 g/mol. The van der Waals surface area contributed by atoms with Gasteiger partial charge in [-0.1, -0.05) is 56.3 Å². The van der Waals surface area contributed by atoms with Crippen LogP contribution in [0.3, 0.4) is 0 Å². The van der Waals surface area contributed by atoms with E-state index in [9.17, 15) is 10.2 Å². The van der Waals surface area contributed by atoms with Gasteiger partial charge in [0.25, 0.3) is 0 Å². The Kier molecular flexibility index (Phi) is 5.94. The maximum atomic E-state index is 11.0. The fraction of sp³-hybridized carbons (Fsp3) is 0.692. The molecule has 4 rings (SSSR count). The third-order valence-electron chi connectivity index (χ3n) is 9.06. The van der Waals surface area contributed by atoms with Gasteiger partial charge in [0.05, 0.1) is 12.2 Å². The molecule has 1 aromatic rings. The van der Waals surface area contributed by atoms with E-state index in [4.69, 9.17) is 0 Å². The van der Waals surface area contributed by atoms with Gasteiger partial charge in [0.2, 0.25) is 0 Å². The van der Waals surface area contributed by atoms with Gasteiger partial charge in [0.15, 0.2) is 0 Å². The smallest absolute Gasteiger partial charge is 0.0621 e. The summed E-state index contributed by atoms with van der Waals surface area (Å²) in [5.41, 5.74) is 2.93. The number of aliphatic hydroxyl groups is 2. The highest BCUT2D eigenvalue weighted by Gasteiger charge is 2.56. The van der Waals surface area contributed by atoms with Crippen molar-refractivity contribution in [2.24, 2.45) is 28.6 Å². The summed E-state index contributed by atoms with van der Waals surface area (Å²) in [5.74, 6) is 1.69. The summed E-state index contributed by atoms with van der Waals surface area (Å²) in [6.07, 6.45) is 6.29. The standard InChI is InChI=1S/C26H39NO2/c1-18-9-10-22-21(17-27-16-19-7-5-4-6-8-19)23(12-14-25(18,22)2)26(3)13-11-20(28)15-24(26)29/h4-8,20-24,27-29H,1,9-17H2,2-3H3/t20-,21-,22?,23?,24-,25+,26+/m0/s1. The minimum Gasteiger partial charge on any atom is -0.393 e. The first-order valence-corrected chi connectivity index (χ1v) is 11.6. The lowest BCUT2D eigenvalue weighted by Crippen LogP contribution is -2.54. The molecule has 7 atom stereocenters. The predicted octanol–water partition coefficient (Wildman–Crippen LogP) is 4.69. The fourth-order valence-corrected chi connectivity index (χ4v) is 7.00. The van der Waals surface area contributed by atoms with Gasteiger partial charge in [-0.15, -0.1) is 0 Å². The van der Waals surface area contributed by atoms with Crippen LogP contribution in [0.2, 0.25) is 0 Å². The molecule has 0 amide bonds. The van der Waals surface area contributed by atoms with E-state index in [1.807, 2.05) is 0 Å². The fourth-order valence-electron chi connectivity index (χ4n) is 7.00. The second-order valence-electron chi connectivity index (χ2n) is 10.5. The van der Waals surface area contributed by atoms with Crippen molar-refractivity contribution >= 4 is 0 Å². The molecule has 0 heterocycles. The van der Waals surface area contributed by atoms with Crippen LogP contribution in [0, 0.1) is 28.6 Å². The number of nitrogens with one attached hydrogen (secondary N) is 1. The molecule has 3 saturated carbocycles. The van der Waals surface area contributed by atoms with Crippen molar-refractivity contribution in [2.45, 2.75) is 77.5 Å². The van der Waals surface area contributed by atoms with Gasteiger partial charge < -0.3 is 15.5 Å². The molecule has 0 saturated heterocycles. The number of aliphatic hydroxyl groups excluding tert-OH is 2. The van der Waals surface area contributed by atoms with E-state index in [1.165, 1.54) is 24.0 Å². The number of hydrogen-bond acceptors (Lipinski definition) is 3. The second kappa shape index (κ2) is 8.17. The Hall–Kier alpha value is -1.16. The van der Waals surface area contributed by atoms with Gasteiger partial charge in [-0.05, 0) is 85.6 Å². The molecule has 0 aromatic heterocycles. The summed E-state index contributed by atoms with van der Waals surface area (Å²) in [6.45, 7) is 11.1. The van der Waals surface area contributed by atoms with Gasteiger partial charge in [-0.25, -0.2) is 0 Å². The van der Waals surface area contributed by atoms with Crippen molar-refractivity contribution in [1.29, 1.82) is 0 Å². The van der Waals surface area contributed by atoms with Gasteiger partial charge in [-0.2, -0.15) is 0 Å². The van der Waals surface area contributed by atoms with E-state index < -0.39 is 6.10 Å². The number of rotatable bonds is 5. The van der Waals surface area contributed by atoms with Crippen LogP contribution in [-0.2, 0) is 6.54 Å². The molecule has 3 aliphatic carbocycles. The Morgan fingerprint density at radius 1 is 1.03 bits per heavy atom. The van der Waals surface area contributed by atoms with Gasteiger partial charge in [0.1, 0.15) is 0 Å². The molecule has 2 unspecified atom stereocenters. The number of allylic oxidation sites excluding steroid dienone is 1. The third kappa shape index (κ3) is 3.82. The molecule has 1 aromatic carbocycles. The first-order chi connectivity index (χ1) is 13.8. The summed E-state index contributed by atoms with van der Waals surface area (Å²) < 4.78 is 0. The maximum Gasteiger partial charge on any atom is 0.0621 e. The predicted molar refractivity (Wildman–Crippen MR) is 118 cm³/mol. The molecule has 3 nitrogen and oxygen atoms in total. The van der Waals surface area contributed by atoms with Crippen molar-refractivity contribution in [1.82, 2.24) is 5.32 Å². The molecule has 3 heteroatoms. The average Bonchev–Trinajstić information content (AvgIpc) is 3.01. The lowest BCUT2D eigenvalue weighted by atomic mass is 9.51. The first kappa shape index (κ1) is 21.1. The summed E-state index contributed by atoms with van der Waals surface area (Å²) in [7, 11) is 0. The Balaban J connectivity index is 1.55. The van der Waals surface area contributed by atoms with E-state index in [-0.39, 0.29) is 16.9 Å². The lowest BCUT2D eigenvalue weighted by molar-refractivity contribution is -0.118. The Labute approximate surface area is 176 Å². The largest absolute Gasteiger partial charge is 0.393 e. The molecule has 0 radical (unpaired) electrons. The lowest BCUT2D eigenvalue weighted by Gasteiger charge is -2.55. The van der Waals surface area contributed by atoms with Crippen LogP contribution in [0.4, 0.5) is 0 Å². The molecule has 3 aliphatic rings. The molecule has 160 valence electrons. The van der Waals surface area contributed by atoms with Gasteiger partial charge >= 0.3 is 0 Å². The van der Waals surface area contributed by atoms with Crippen LogP contribution < -0.4 is 5.32 Å². The Morgan fingerprint density at radius 3 is 2.52 bits per heavy atom. The molecule has 3 N–H and O–H groups in total. The number of hydrogen-bond donors (Lipinski definition) is 3. The zero-order valence-corrected chi connectivity index (χ0v) is 18.2. The Bertz CT molecular complexity index is 719. The second-order valence-corrected chi connectivity index (χ2v) is 10.5. The van der Waals surface area contributed by atoms with Crippen LogP contribution in [-0.4, -0.2) is 29.0 Å². The van der Waals surface area contributed by atoms with Crippen molar-refractivity contribution < 1.29 is 10.2 Å². The molecule has 0 aliphatic heterocycles. The van der Waals surface area contributed by atoms with Gasteiger partial charge in [-0.3, -0.25) is 0 Å². The van der Waals surface area contributed by atoms with Crippen LogP contribution in [0.5, 0.6) is 0 Å². The summed E-state index contributed by atoms with van der Waals surface area (Å²) in [6, 6.07) is 10.6. The normalized spacial score (nSPS) is 42.6. The zero-order chi connectivity index (χ0) is 20.6. The van der Waals surface area contributed by atoms with Crippen molar-refractivity contribution in [3.05, 3.63) is 48.0 Å². The summed E-state index contributed by atoms with van der Waals surface area (Å²) >= 11 is 0. The highest BCUT2D eigenvalue weighted by atomic mass is 16.3. The monoisotopic (exact) mass is 397 g/mol. The quantitative estimate of drug-likeness (QED) is 0.632. The van der Waals surface area contributed by atoms with E-state index >= 15 is 0 Å². The van der Waals surface area contributed by atoms with E-state index in [2.05, 4.69) is 56.1 Å². The number of fused-ring (bicyclic) bond motifs is 1. The summed E-state index contributed by atoms with van der Waals surface area (Å²) in [5, 5.41) is 24.9. The van der Waals surface area contributed by atoms with Crippen LogP contribution >= 0.6 is 0 Å². The van der Waals surface area contributed by atoms with E-state index in [0.717, 1.165) is 38.8 Å². The molecular weight excluding hydrogens is 358 g/mol. The topological polar surface area (TPSA) is 52.5 Å². The maximum absolute atomic E-state index is 11.0. The molecular formula is C26H39NO2. The van der Waals surface area contributed by atoms with Crippen molar-refractivity contribution in [3.8, 4) is 0 Å². The number of benzene rings is 1. The van der Waals surface area contributed by atoms with Gasteiger partial charge in [0, 0.05) is 6.54 Å². The molecule has 3 fully saturated rings. The van der Waals surface area contributed by atoms with Crippen LogP contribution in [0.15, 0.2) is 42.5 Å². The molecule has 29 heavy (non-hydrogen) atoms. The van der Waals surface area contributed by atoms with E-state index in [0.29, 0.717) is 24.2 Å². The highest BCUT2D eigenvalue weighted by Crippen LogP contribution is 2.62. The Morgan fingerprint density at radius 2 is 1.79 bits per heavy atom. The minimum atomic E-state index is -0.401. The minimum absolute atomic E-state index is 0.0937. The van der Waals surface area contributed by atoms with E-state index in [1.54, 1.807) is 0 Å². The third-order valence-corrected chi connectivity index (χ3v) is 9.06. The molecule has 0 bridgehead atoms.